The molecule has 4 unspecified atom stereocenters. The number of carbonyl (C=O) groups excluding carboxylic acids is 1. The molecule has 2 aliphatic rings. The van der Waals surface area contributed by atoms with Crippen molar-refractivity contribution in [3.63, 3.8) is 0 Å². The minimum absolute atomic E-state index is 0.0813. The normalized spacial score (nSPS) is 44.7. The lowest BCUT2D eigenvalue weighted by Gasteiger charge is -2.15. The number of rotatable bonds is 4. The Morgan fingerprint density at radius 1 is 1.73 bits per heavy atom. The Morgan fingerprint density at radius 2 is 2.33 bits per heavy atom. The summed E-state index contributed by atoms with van der Waals surface area (Å²) in [5.41, 5.74) is -0.441. The molecule has 2 fully saturated rings. The third-order valence-electron chi connectivity index (χ3n) is 3.40. The molecule has 86 valence electrons. The summed E-state index contributed by atoms with van der Waals surface area (Å²) in [6.07, 6.45) is 1.47. The Kier molecular flexibility index (Phi) is 2.51. The molecular weight excluding hydrogens is 196 g/mol. The van der Waals surface area contributed by atoms with Gasteiger partial charge in [-0.25, -0.2) is 0 Å². The van der Waals surface area contributed by atoms with E-state index < -0.39 is 11.7 Å². The summed E-state index contributed by atoms with van der Waals surface area (Å²) >= 11 is 0. The maximum absolute atomic E-state index is 10.8. The lowest BCUT2D eigenvalue weighted by atomic mass is 10.1. The number of esters is 1. The van der Waals surface area contributed by atoms with E-state index in [4.69, 9.17) is 9.47 Å². The van der Waals surface area contributed by atoms with Gasteiger partial charge in [-0.15, -0.1) is 0 Å². The Hall–Kier alpha value is -0.610. The topological polar surface area (TPSA) is 59.1 Å². The van der Waals surface area contributed by atoms with Gasteiger partial charge in [0.15, 0.2) is 0 Å². The third kappa shape index (κ3) is 2.32. The average Bonchev–Trinajstić information content (AvgIpc) is 2.92. The SMILES string of the molecule is CC(=O)O[C@]1(C)CC1C(O)CC1OC1C. The van der Waals surface area contributed by atoms with Crippen LogP contribution in [0.3, 0.4) is 0 Å². The molecule has 0 amide bonds. The molecule has 1 saturated carbocycles. The highest BCUT2D eigenvalue weighted by Gasteiger charge is 2.58. The number of ether oxygens (including phenoxy) is 2. The number of carbonyl (C=O) groups is 1. The maximum Gasteiger partial charge on any atom is 0.303 e. The monoisotopic (exact) mass is 214 g/mol. The number of hydrogen-bond acceptors (Lipinski definition) is 4. The van der Waals surface area contributed by atoms with Crippen LogP contribution < -0.4 is 0 Å². The molecule has 1 aliphatic carbocycles. The smallest absolute Gasteiger partial charge is 0.303 e. The average molecular weight is 214 g/mol. The van der Waals surface area contributed by atoms with E-state index in [1.165, 1.54) is 6.92 Å². The number of epoxide rings is 1. The van der Waals surface area contributed by atoms with Crippen molar-refractivity contribution >= 4 is 5.97 Å². The van der Waals surface area contributed by atoms with Crippen molar-refractivity contribution < 1.29 is 19.4 Å². The second-order valence-electron chi connectivity index (χ2n) is 4.90. The summed E-state index contributed by atoms with van der Waals surface area (Å²) in [7, 11) is 0. The number of hydrogen-bond donors (Lipinski definition) is 1. The van der Waals surface area contributed by atoms with Crippen molar-refractivity contribution in [2.24, 2.45) is 5.92 Å². The third-order valence-corrected chi connectivity index (χ3v) is 3.40. The van der Waals surface area contributed by atoms with Crippen LogP contribution >= 0.6 is 0 Å². The van der Waals surface area contributed by atoms with Gasteiger partial charge in [0.2, 0.25) is 0 Å². The molecule has 1 aliphatic heterocycles. The largest absolute Gasteiger partial charge is 0.459 e. The van der Waals surface area contributed by atoms with Gasteiger partial charge in [-0.1, -0.05) is 0 Å². The zero-order valence-electron chi connectivity index (χ0n) is 9.40. The fraction of sp³-hybridized carbons (Fsp3) is 0.909. The van der Waals surface area contributed by atoms with Gasteiger partial charge in [0.05, 0.1) is 18.3 Å². The van der Waals surface area contributed by atoms with Gasteiger partial charge in [-0.2, -0.15) is 0 Å². The molecule has 1 heterocycles. The van der Waals surface area contributed by atoms with Gasteiger partial charge in [-0.3, -0.25) is 4.79 Å². The number of aliphatic hydroxyl groups is 1. The van der Waals surface area contributed by atoms with E-state index in [0.29, 0.717) is 6.42 Å². The predicted molar refractivity (Wildman–Crippen MR) is 53.2 cm³/mol. The first kappa shape index (κ1) is 10.9. The fourth-order valence-electron chi connectivity index (χ4n) is 2.25. The number of aliphatic hydroxyl groups excluding tert-OH is 1. The van der Waals surface area contributed by atoms with Crippen LogP contribution in [0.4, 0.5) is 0 Å². The zero-order chi connectivity index (χ0) is 11.2. The summed E-state index contributed by atoms with van der Waals surface area (Å²) in [5, 5.41) is 9.89. The molecule has 0 aromatic heterocycles. The molecule has 5 atom stereocenters. The Bertz CT molecular complexity index is 278. The lowest BCUT2D eigenvalue weighted by molar-refractivity contribution is -0.149. The second-order valence-corrected chi connectivity index (χ2v) is 4.90. The summed E-state index contributed by atoms with van der Waals surface area (Å²) in [6.45, 7) is 5.27. The minimum atomic E-state index is -0.441. The molecule has 0 aromatic carbocycles. The molecule has 0 bridgehead atoms. The van der Waals surface area contributed by atoms with Gasteiger partial charge in [0, 0.05) is 19.3 Å². The van der Waals surface area contributed by atoms with Gasteiger partial charge < -0.3 is 14.6 Å². The van der Waals surface area contributed by atoms with E-state index in [2.05, 4.69) is 0 Å². The molecule has 1 saturated heterocycles. The van der Waals surface area contributed by atoms with Crippen LogP contribution in [-0.4, -0.2) is 35.0 Å². The molecule has 4 nitrogen and oxygen atoms in total. The van der Waals surface area contributed by atoms with Crippen LogP contribution in [0, 0.1) is 5.92 Å². The predicted octanol–water partition coefficient (Wildman–Crippen LogP) is 0.866. The lowest BCUT2D eigenvalue weighted by Crippen LogP contribution is -2.24. The summed E-state index contributed by atoms with van der Waals surface area (Å²) in [6, 6.07) is 0. The summed E-state index contributed by atoms with van der Waals surface area (Å²) < 4.78 is 10.4. The molecule has 2 rings (SSSR count). The molecule has 0 spiro atoms. The molecule has 0 radical (unpaired) electrons. The highest BCUT2D eigenvalue weighted by Crippen LogP contribution is 2.50. The zero-order valence-corrected chi connectivity index (χ0v) is 9.40. The van der Waals surface area contributed by atoms with E-state index in [1.807, 2.05) is 13.8 Å². The fourth-order valence-corrected chi connectivity index (χ4v) is 2.25. The van der Waals surface area contributed by atoms with Crippen LogP contribution in [-0.2, 0) is 14.3 Å². The standard InChI is InChI=1S/C11H18O4/c1-6-10(14-6)4-9(13)8-5-11(8,3)15-7(2)12/h6,8-10,13H,4-5H2,1-3H3/t6?,8?,9?,10?,11-/m1/s1. The van der Waals surface area contributed by atoms with Gasteiger partial charge in [0.1, 0.15) is 5.60 Å². The summed E-state index contributed by atoms with van der Waals surface area (Å²) in [5.74, 6) is -0.193. The van der Waals surface area contributed by atoms with Crippen molar-refractivity contribution in [1.82, 2.24) is 0 Å². The first-order chi connectivity index (χ1) is 6.92. The van der Waals surface area contributed by atoms with Crippen LogP contribution in [0.2, 0.25) is 0 Å². The van der Waals surface area contributed by atoms with Crippen molar-refractivity contribution in [2.75, 3.05) is 0 Å². The maximum atomic E-state index is 10.8. The Balaban J connectivity index is 1.78. The molecule has 0 aromatic rings. The highest BCUT2D eigenvalue weighted by molar-refractivity contribution is 5.67. The van der Waals surface area contributed by atoms with Crippen molar-refractivity contribution in [1.29, 1.82) is 0 Å². The highest BCUT2D eigenvalue weighted by atomic mass is 16.6. The molecule has 1 N–H and O–H groups in total. The van der Waals surface area contributed by atoms with Crippen molar-refractivity contribution in [3.05, 3.63) is 0 Å². The molecule has 4 heteroatoms. The van der Waals surface area contributed by atoms with Gasteiger partial charge >= 0.3 is 5.97 Å². The van der Waals surface area contributed by atoms with Gasteiger partial charge in [0.25, 0.3) is 0 Å². The first-order valence-electron chi connectivity index (χ1n) is 5.45. The van der Waals surface area contributed by atoms with Crippen molar-refractivity contribution in [3.8, 4) is 0 Å². The summed E-state index contributed by atoms with van der Waals surface area (Å²) in [4.78, 5) is 10.8. The van der Waals surface area contributed by atoms with E-state index in [9.17, 15) is 9.90 Å². The van der Waals surface area contributed by atoms with E-state index in [1.54, 1.807) is 0 Å². The first-order valence-corrected chi connectivity index (χ1v) is 5.45. The van der Waals surface area contributed by atoms with Crippen LogP contribution in [0.5, 0.6) is 0 Å². The van der Waals surface area contributed by atoms with Crippen molar-refractivity contribution in [2.45, 2.75) is 57.5 Å². The second kappa shape index (κ2) is 3.46. The van der Waals surface area contributed by atoms with Gasteiger partial charge in [-0.05, 0) is 20.3 Å². The Morgan fingerprint density at radius 3 is 2.80 bits per heavy atom. The van der Waals surface area contributed by atoms with Crippen LogP contribution in [0.1, 0.15) is 33.6 Å². The Labute approximate surface area is 89.6 Å². The molecule has 15 heavy (non-hydrogen) atoms. The van der Waals surface area contributed by atoms with Crippen LogP contribution in [0.15, 0.2) is 0 Å². The van der Waals surface area contributed by atoms with E-state index >= 15 is 0 Å². The van der Waals surface area contributed by atoms with E-state index in [-0.39, 0.29) is 24.1 Å². The van der Waals surface area contributed by atoms with Crippen LogP contribution in [0.25, 0.3) is 0 Å². The quantitative estimate of drug-likeness (QED) is 0.557. The molecular formula is C11H18O4. The van der Waals surface area contributed by atoms with E-state index in [0.717, 1.165) is 6.42 Å². The minimum Gasteiger partial charge on any atom is -0.459 e.